The number of hydrogen-bond donors (Lipinski definition) is 1. The molecule has 0 aliphatic rings. The van der Waals surface area contributed by atoms with Crippen LogP contribution in [0, 0.1) is 0 Å². The predicted octanol–water partition coefficient (Wildman–Crippen LogP) is 5.98. The summed E-state index contributed by atoms with van der Waals surface area (Å²) in [6, 6.07) is 16.6. The first-order chi connectivity index (χ1) is 14.2. The summed E-state index contributed by atoms with van der Waals surface area (Å²) in [7, 11) is -3.84. The third-order valence-corrected chi connectivity index (χ3v) is 8.18. The van der Waals surface area contributed by atoms with E-state index in [0.717, 1.165) is 16.9 Å². The number of anilines is 1. The second kappa shape index (κ2) is 8.36. The van der Waals surface area contributed by atoms with Gasteiger partial charge in [0.15, 0.2) is 0 Å². The molecule has 0 aliphatic heterocycles. The summed E-state index contributed by atoms with van der Waals surface area (Å²) >= 11 is 16.2. The highest BCUT2D eigenvalue weighted by atomic mass is 79.9. The Hall–Kier alpha value is -1.84. The zero-order valence-electron chi connectivity index (χ0n) is 15.1. The van der Waals surface area contributed by atoms with Crippen molar-refractivity contribution in [3.63, 3.8) is 0 Å². The minimum atomic E-state index is -3.84. The predicted molar refractivity (Wildman–Crippen MR) is 127 cm³/mol. The van der Waals surface area contributed by atoms with Gasteiger partial charge in [0.25, 0.3) is 10.0 Å². The van der Waals surface area contributed by atoms with Crippen molar-refractivity contribution in [2.45, 2.75) is 11.4 Å². The van der Waals surface area contributed by atoms with E-state index < -0.39 is 10.0 Å². The molecule has 1 N–H and O–H groups in total. The lowest BCUT2D eigenvalue weighted by atomic mass is 10.2. The van der Waals surface area contributed by atoms with Crippen molar-refractivity contribution >= 4 is 76.4 Å². The molecule has 4 aromatic rings. The second-order valence-corrected chi connectivity index (χ2v) is 10.8. The fourth-order valence-electron chi connectivity index (χ4n) is 2.91. The van der Waals surface area contributed by atoms with Crippen LogP contribution in [0.15, 0.2) is 74.8 Å². The summed E-state index contributed by atoms with van der Waals surface area (Å²) in [6.45, 7) is 0.373. The molecular formula is C20H13BrCl2N2O3S2. The van der Waals surface area contributed by atoms with E-state index in [2.05, 4.69) is 20.7 Å². The van der Waals surface area contributed by atoms with Crippen LogP contribution in [0.1, 0.15) is 5.56 Å². The Morgan fingerprint density at radius 3 is 2.43 bits per heavy atom. The summed E-state index contributed by atoms with van der Waals surface area (Å²) < 4.78 is 31.0. The molecule has 0 radical (unpaired) electrons. The van der Waals surface area contributed by atoms with Crippen LogP contribution < -0.4 is 9.60 Å². The molecule has 10 heteroatoms. The Balaban J connectivity index is 1.67. The molecule has 0 atom stereocenters. The number of nitrogens with zero attached hydrogens (tertiary/aromatic N) is 1. The first kappa shape index (κ1) is 21.4. The number of halogens is 3. The summed E-state index contributed by atoms with van der Waals surface area (Å²) in [5, 5.41) is 1.01. The highest BCUT2D eigenvalue weighted by Crippen LogP contribution is 2.28. The van der Waals surface area contributed by atoms with Gasteiger partial charge in [-0.05, 0) is 70.0 Å². The topological polar surface area (TPSA) is 68.2 Å². The van der Waals surface area contributed by atoms with Crippen molar-refractivity contribution < 1.29 is 8.42 Å². The Kier molecular flexibility index (Phi) is 5.96. The van der Waals surface area contributed by atoms with E-state index in [1.165, 1.54) is 18.2 Å². The largest absolute Gasteiger partial charge is 0.308 e. The van der Waals surface area contributed by atoms with Crippen LogP contribution in [0.2, 0.25) is 10.0 Å². The summed E-state index contributed by atoms with van der Waals surface area (Å²) in [4.78, 5) is 12.4. The molecule has 154 valence electrons. The molecule has 0 unspecified atom stereocenters. The summed E-state index contributed by atoms with van der Waals surface area (Å²) in [5.74, 6) is 0. The van der Waals surface area contributed by atoms with E-state index in [9.17, 15) is 13.2 Å². The first-order valence-corrected chi connectivity index (χ1v) is 12.4. The maximum Gasteiger partial charge on any atom is 0.308 e. The third-order valence-electron chi connectivity index (χ3n) is 4.38. The number of aromatic nitrogens is 1. The molecule has 0 saturated heterocycles. The van der Waals surface area contributed by atoms with E-state index in [1.807, 2.05) is 12.1 Å². The summed E-state index contributed by atoms with van der Waals surface area (Å²) in [6.07, 6.45) is 0. The van der Waals surface area contributed by atoms with Gasteiger partial charge in [0.05, 0.1) is 32.4 Å². The molecular weight excluding hydrogens is 531 g/mol. The molecule has 0 amide bonds. The quantitative estimate of drug-likeness (QED) is 0.336. The average molecular weight is 544 g/mol. The fourth-order valence-corrected chi connectivity index (χ4v) is 5.54. The molecule has 5 nitrogen and oxygen atoms in total. The monoisotopic (exact) mass is 542 g/mol. The highest BCUT2D eigenvalue weighted by molar-refractivity contribution is 9.10. The SMILES string of the molecule is O=c1sc2cc(S(=O)(=O)Nc3ccc(Br)c(Cl)c3)ccc2n1Cc1ccc(Cl)cc1. The highest BCUT2D eigenvalue weighted by Gasteiger charge is 2.18. The number of sulfonamides is 1. The standard InChI is InChI=1S/C20H13BrCl2N2O3S2/c21-16-7-5-14(9-17(16)23)24-30(27,28)15-6-8-18-19(10-15)29-20(26)25(18)11-12-1-3-13(22)4-2-12/h1-10,24H,11H2. The van der Waals surface area contributed by atoms with Crippen molar-refractivity contribution in [1.29, 1.82) is 0 Å². The van der Waals surface area contributed by atoms with Crippen molar-refractivity contribution in [2.24, 2.45) is 0 Å². The Morgan fingerprint density at radius 2 is 1.73 bits per heavy atom. The van der Waals surface area contributed by atoms with E-state index in [4.69, 9.17) is 23.2 Å². The van der Waals surface area contributed by atoms with Crippen LogP contribution in [-0.4, -0.2) is 13.0 Å². The Morgan fingerprint density at radius 1 is 1.00 bits per heavy atom. The molecule has 3 aromatic carbocycles. The summed E-state index contributed by atoms with van der Waals surface area (Å²) in [5.41, 5.74) is 1.94. The molecule has 4 rings (SSSR count). The zero-order valence-corrected chi connectivity index (χ0v) is 19.8. The van der Waals surface area contributed by atoms with Crippen molar-refractivity contribution in [2.75, 3.05) is 4.72 Å². The first-order valence-electron chi connectivity index (χ1n) is 8.59. The van der Waals surface area contributed by atoms with Gasteiger partial charge in [0.1, 0.15) is 0 Å². The van der Waals surface area contributed by atoms with Crippen molar-refractivity contribution in [1.82, 2.24) is 4.57 Å². The van der Waals surface area contributed by atoms with E-state index in [1.54, 1.807) is 34.9 Å². The minimum absolute atomic E-state index is 0.0638. The maximum absolute atomic E-state index is 12.8. The van der Waals surface area contributed by atoms with Gasteiger partial charge in [-0.15, -0.1) is 0 Å². The van der Waals surface area contributed by atoms with Gasteiger partial charge in [0.2, 0.25) is 0 Å². The van der Waals surface area contributed by atoms with E-state index >= 15 is 0 Å². The zero-order chi connectivity index (χ0) is 21.5. The van der Waals surface area contributed by atoms with Crippen LogP contribution in [0.4, 0.5) is 5.69 Å². The minimum Gasteiger partial charge on any atom is -0.294 e. The van der Waals surface area contributed by atoms with E-state index in [-0.39, 0.29) is 9.77 Å². The normalized spacial score (nSPS) is 11.7. The average Bonchev–Trinajstić information content (AvgIpc) is 3.01. The molecule has 0 aliphatic carbocycles. The maximum atomic E-state index is 12.8. The van der Waals surface area contributed by atoms with Crippen LogP contribution in [0.5, 0.6) is 0 Å². The second-order valence-electron chi connectivity index (χ2n) is 6.44. The molecule has 1 heterocycles. The number of benzene rings is 3. The number of nitrogens with one attached hydrogen (secondary N) is 1. The number of thiazole rings is 1. The van der Waals surface area contributed by atoms with E-state index in [0.29, 0.717) is 37.0 Å². The Labute approximate surface area is 195 Å². The third kappa shape index (κ3) is 4.43. The van der Waals surface area contributed by atoms with Gasteiger partial charge in [0, 0.05) is 9.50 Å². The van der Waals surface area contributed by atoms with Gasteiger partial charge >= 0.3 is 4.87 Å². The fraction of sp³-hybridized carbons (Fsp3) is 0.0500. The van der Waals surface area contributed by atoms with Crippen molar-refractivity contribution in [3.05, 3.63) is 90.4 Å². The molecule has 1 aromatic heterocycles. The van der Waals surface area contributed by atoms with Crippen LogP contribution >= 0.6 is 50.5 Å². The van der Waals surface area contributed by atoms with Crippen LogP contribution in [0.25, 0.3) is 10.2 Å². The van der Waals surface area contributed by atoms with Gasteiger partial charge in [-0.3, -0.25) is 14.1 Å². The molecule has 30 heavy (non-hydrogen) atoms. The van der Waals surface area contributed by atoms with Gasteiger partial charge in [-0.25, -0.2) is 8.42 Å². The van der Waals surface area contributed by atoms with Crippen LogP contribution in [0.3, 0.4) is 0 Å². The number of fused-ring (bicyclic) bond motifs is 1. The lowest BCUT2D eigenvalue weighted by molar-refractivity contribution is 0.601. The lowest BCUT2D eigenvalue weighted by Crippen LogP contribution is -2.14. The Bertz CT molecular complexity index is 1410. The van der Waals surface area contributed by atoms with Crippen LogP contribution in [-0.2, 0) is 16.6 Å². The smallest absolute Gasteiger partial charge is 0.294 e. The van der Waals surface area contributed by atoms with Gasteiger partial charge < -0.3 is 0 Å². The van der Waals surface area contributed by atoms with Gasteiger partial charge in [-0.2, -0.15) is 0 Å². The molecule has 0 bridgehead atoms. The van der Waals surface area contributed by atoms with Crippen molar-refractivity contribution in [3.8, 4) is 0 Å². The molecule has 0 spiro atoms. The molecule has 0 fully saturated rings. The molecule has 0 saturated carbocycles. The lowest BCUT2D eigenvalue weighted by Gasteiger charge is -2.09. The van der Waals surface area contributed by atoms with Gasteiger partial charge in [-0.1, -0.05) is 46.7 Å². The number of rotatable bonds is 5. The number of hydrogen-bond acceptors (Lipinski definition) is 4.